The topological polar surface area (TPSA) is 112 Å². The van der Waals surface area contributed by atoms with Gasteiger partial charge in [0.2, 0.25) is 0 Å². The van der Waals surface area contributed by atoms with Crippen molar-refractivity contribution in [1.82, 2.24) is 30.4 Å². The van der Waals surface area contributed by atoms with Gasteiger partial charge in [-0.1, -0.05) is 13.8 Å². The molecule has 9 heteroatoms. The van der Waals surface area contributed by atoms with Crippen molar-refractivity contribution in [3.05, 3.63) is 54.0 Å². The summed E-state index contributed by atoms with van der Waals surface area (Å²) in [4.78, 5) is 11.1. The highest BCUT2D eigenvalue weighted by atomic mass is 16.5. The van der Waals surface area contributed by atoms with E-state index in [9.17, 15) is 0 Å². The second kappa shape index (κ2) is 10.6. The first-order valence-electron chi connectivity index (χ1n) is 10.5. The van der Waals surface area contributed by atoms with E-state index in [0.717, 1.165) is 27.7 Å². The Kier molecular flexibility index (Phi) is 7.67. The number of likely N-dealkylation sites (N-methyl/N-ethyl adjacent to an activating group) is 1. The highest BCUT2D eigenvalue weighted by Crippen LogP contribution is 2.23. The second-order valence-electron chi connectivity index (χ2n) is 7.72. The number of pyridine rings is 2. The van der Waals surface area contributed by atoms with E-state index in [4.69, 9.17) is 15.1 Å². The molecule has 32 heavy (non-hydrogen) atoms. The standard InChI is InChI=1S/C23H30N8O/c1-15(2)16-11-22(30-27-13-16)29-21-7-6-19-20(28-21)10-17(12-26-19)18(14-25-3)23(24)31(4)8-9-32-5/h6-7,10-15,24-25H,8-9H2,1-5H3,(H,28,29,30)/b18-14-,24-23?. The number of ether oxygens (including phenoxy) is 1. The molecule has 0 saturated carbocycles. The molecule has 0 amide bonds. The molecule has 0 fully saturated rings. The maximum absolute atomic E-state index is 8.61. The number of amidine groups is 1. The highest BCUT2D eigenvalue weighted by Gasteiger charge is 2.14. The number of hydrogen-bond donors (Lipinski definition) is 3. The Morgan fingerprint density at radius 1 is 1.19 bits per heavy atom. The summed E-state index contributed by atoms with van der Waals surface area (Å²) in [5, 5.41) is 23.1. The molecule has 3 aromatic rings. The summed E-state index contributed by atoms with van der Waals surface area (Å²) in [6.45, 7) is 5.38. The van der Waals surface area contributed by atoms with Crippen molar-refractivity contribution in [1.29, 1.82) is 5.41 Å². The molecule has 9 nitrogen and oxygen atoms in total. The Balaban J connectivity index is 1.90. The average Bonchev–Trinajstić information content (AvgIpc) is 2.80. The normalized spacial score (nSPS) is 11.6. The molecule has 3 rings (SSSR count). The third-order valence-electron chi connectivity index (χ3n) is 5.00. The molecule has 3 aromatic heterocycles. The first-order valence-corrected chi connectivity index (χ1v) is 10.5. The first-order chi connectivity index (χ1) is 15.4. The third kappa shape index (κ3) is 5.55. The van der Waals surface area contributed by atoms with Crippen LogP contribution in [0.4, 0.5) is 11.6 Å². The van der Waals surface area contributed by atoms with E-state index in [-0.39, 0.29) is 0 Å². The summed E-state index contributed by atoms with van der Waals surface area (Å²) in [6.07, 6.45) is 5.33. The largest absolute Gasteiger partial charge is 0.393 e. The van der Waals surface area contributed by atoms with Gasteiger partial charge in [-0.05, 0) is 35.7 Å². The zero-order chi connectivity index (χ0) is 23.1. The van der Waals surface area contributed by atoms with E-state index >= 15 is 0 Å². The lowest BCUT2D eigenvalue weighted by Crippen LogP contribution is -2.30. The summed E-state index contributed by atoms with van der Waals surface area (Å²) < 4.78 is 5.14. The van der Waals surface area contributed by atoms with Crippen molar-refractivity contribution >= 4 is 34.1 Å². The van der Waals surface area contributed by atoms with Gasteiger partial charge in [-0.3, -0.25) is 10.4 Å². The number of hydrogen-bond acceptors (Lipinski definition) is 8. The van der Waals surface area contributed by atoms with Crippen molar-refractivity contribution in [2.45, 2.75) is 19.8 Å². The Bertz CT molecular complexity index is 1110. The quantitative estimate of drug-likeness (QED) is 0.347. The van der Waals surface area contributed by atoms with Crippen molar-refractivity contribution in [2.75, 3.05) is 39.7 Å². The summed E-state index contributed by atoms with van der Waals surface area (Å²) in [5.74, 6) is 2.02. The molecule has 3 N–H and O–H groups in total. The lowest BCUT2D eigenvalue weighted by Gasteiger charge is -2.21. The molecule has 0 aliphatic heterocycles. The minimum atomic E-state index is 0.358. The van der Waals surface area contributed by atoms with E-state index in [0.29, 0.717) is 36.5 Å². The van der Waals surface area contributed by atoms with E-state index in [2.05, 4.69) is 39.7 Å². The molecule has 0 aliphatic rings. The molecular weight excluding hydrogens is 404 g/mol. The van der Waals surface area contributed by atoms with Crippen LogP contribution in [-0.4, -0.2) is 65.3 Å². The van der Waals surface area contributed by atoms with Crippen LogP contribution >= 0.6 is 0 Å². The van der Waals surface area contributed by atoms with Crippen molar-refractivity contribution in [3.63, 3.8) is 0 Å². The lowest BCUT2D eigenvalue weighted by molar-refractivity contribution is 0.183. The second-order valence-corrected chi connectivity index (χ2v) is 7.72. The van der Waals surface area contributed by atoms with Crippen LogP contribution in [0, 0.1) is 5.41 Å². The van der Waals surface area contributed by atoms with Gasteiger partial charge < -0.3 is 20.3 Å². The Labute approximate surface area is 188 Å². The van der Waals surface area contributed by atoms with E-state index < -0.39 is 0 Å². The number of aromatic nitrogens is 4. The summed E-state index contributed by atoms with van der Waals surface area (Å²) in [7, 11) is 5.33. The van der Waals surface area contributed by atoms with Crippen LogP contribution in [0.25, 0.3) is 16.6 Å². The van der Waals surface area contributed by atoms with Crippen LogP contribution in [0.2, 0.25) is 0 Å². The maximum Gasteiger partial charge on any atom is 0.154 e. The fraction of sp³-hybridized carbons (Fsp3) is 0.348. The molecule has 0 bridgehead atoms. The Morgan fingerprint density at radius 2 is 2.00 bits per heavy atom. The summed E-state index contributed by atoms with van der Waals surface area (Å²) >= 11 is 0. The zero-order valence-corrected chi connectivity index (χ0v) is 19.2. The minimum Gasteiger partial charge on any atom is -0.393 e. The fourth-order valence-corrected chi connectivity index (χ4v) is 3.09. The van der Waals surface area contributed by atoms with Crippen LogP contribution < -0.4 is 10.6 Å². The van der Waals surface area contributed by atoms with Crippen LogP contribution in [0.3, 0.4) is 0 Å². The molecule has 3 heterocycles. The molecular formula is C23H30N8O. The van der Waals surface area contributed by atoms with Gasteiger partial charge in [0.25, 0.3) is 0 Å². The van der Waals surface area contributed by atoms with Gasteiger partial charge in [-0.2, -0.15) is 5.10 Å². The molecule has 0 aromatic carbocycles. The van der Waals surface area contributed by atoms with Gasteiger partial charge in [0, 0.05) is 51.3 Å². The minimum absolute atomic E-state index is 0.358. The van der Waals surface area contributed by atoms with E-state index in [1.54, 1.807) is 25.7 Å². The molecule has 0 radical (unpaired) electrons. The van der Waals surface area contributed by atoms with Crippen LogP contribution in [0.1, 0.15) is 30.9 Å². The molecule has 0 spiro atoms. The summed E-state index contributed by atoms with van der Waals surface area (Å²) in [5.41, 5.74) is 4.10. The third-order valence-corrected chi connectivity index (χ3v) is 5.00. The van der Waals surface area contributed by atoms with Crippen molar-refractivity contribution in [3.8, 4) is 0 Å². The predicted octanol–water partition coefficient (Wildman–Crippen LogP) is 3.40. The number of methoxy groups -OCH3 is 1. The Hall–Kier alpha value is -3.59. The van der Waals surface area contributed by atoms with Gasteiger partial charge in [0.05, 0.1) is 23.8 Å². The number of nitrogens with one attached hydrogen (secondary N) is 3. The predicted molar refractivity (Wildman–Crippen MR) is 128 cm³/mol. The van der Waals surface area contributed by atoms with Crippen LogP contribution in [-0.2, 0) is 4.74 Å². The number of fused-ring (bicyclic) bond motifs is 1. The Morgan fingerprint density at radius 3 is 2.72 bits per heavy atom. The number of anilines is 2. The lowest BCUT2D eigenvalue weighted by atomic mass is 10.1. The molecule has 0 saturated heterocycles. The van der Waals surface area contributed by atoms with Crippen LogP contribution in [0.15, 0.2) is 42.9 Å². The van der Waals surface area contributed by atoms with E-state index in [1.165, 1.54) is 0 Å². The fourth-order valence-electron chi connectivity index (χ4n) is 3.09. The number of rotatable bonds is 9. The number of nitrogens with zero attached hydrogens (tertiary/aromatic N) is 5. The molecule has 0 atom stereocenters. The molecule has 168 valence electrons. The van der Waals surface area contributed by atoms with Crippen molar-refractivity contribution < 1.29 is 4.74 Å². The zero-order valence-electron chi connectivity index (χ0n) is 19.2. The average molecular weight is 435 g/mol. The highest BCUT2D eigenvalue weighted by molar-refractivity contribution is 6.21. The monoisotopic (exact) mass is 434 g/mol. The molecule has 0 unspecified atom stereocenters. The van der Waals surface area contributed by atoms with E-state index in [1.807, 2.05) is 43.3 Å². The van der Waals surface area contributed by atoms with Gasteiger partial charge in [0.1, 0.15) is 11.7 Å². The molecule has 0 aliphatic carbocycles. The SMILES string of the molecule is CN/C=C(\C(=N)N(C)CCOC)c1cnc2ccc(Nc3cc(C(C)C)cnn3)nc2c1. The van der Waals surface area contributed by atoms with Crippen molar-refractivity contribution in [2.24, 2.45) is 0 Å². The summed E-state index contributed by atoms with van der Waals surface area (Å²) in [6, 6.07) is 7.68. The van der Waals surface area contributed by atoms with Gasteiger partial charge in [0.15, 0.2) is 5.82 Å². The van der Waals surface area contributed by atoms with Gasteiger partial charge in [-0.15, -0.1) is 5.10 Å². The maximum atomic E-state index is 8.61. The van der Waals surface area contributed by atoms with Gasteiger partial charge in [-0.25, -0.2) is 4.98 Å². The smallest absolute Gasteiger partial charge is 0.154 e. The van der Waals surface area contributed by atoms with Gasteiger partial charge >= 0.3 is 0 Å². The first kappa shape index (κ1) is 23.1. The van der Waals surface area contributed by atoms with Crippen LogP contribution in [0.5, 0.6) is 0 Å².